The zero-order valence-corrected chi connectivity index (χ0v) is 5.95. The van der Waals surface area contributed by atoms with Gasteiger partial charge < -0.3 is 15.9 Å². The molecule has 0 aliphatic rings. The fourth-order valence-electron chi connectivity index (χ4n) is 0.534. The summed E-state index contributed by atoms with van der Waals surface area (Å²) in [7, 11) is 0. The van der Waals surface area contributed by atoms with Crippen LogP contribution in [0, 0.1) is 0 Å². The molecule has 4 heteroatoms. The van der Waals surface area contributed by atoms with Crippen LogP contribution in [0.3, 0.4) is 0 Å². The van der Waals surface area contributed by atoms with Crippen LogP contribution in [-0.2, 0) is 4.79 Å². The molecule has 0 unspecified atom stereocenters. The third-order valence-corrected chi connectivity index (χ3v) is 1.26. The minimum Gasteiger partial charge on any atom is -0.481 e. The second-order valence-corrected chi connectivity index (χ2v) is 2.36. The van der Waals surface area contributed by atoms with Gasteiger partial charge in [-0.25, -0.2) is 0 Å². The van der Waals surface area contributed by atoms with Gasteiger partial charge in [0.25, 0.3) is 0 Å². The zero-order chi connectivity index (χ0) is 8.15. The number of carboxylic acids is 1. The number of hydrogen-bond acceptors (Lipinski definition) is 3. The Labute approximate surface area is 59.7 Å². The van der Waals surface area contributed by atoms with Crippen LogP contribution in [0.15, 0.2) is 0 Å². The molecule has 0 radical (unpaired) electrons. The quantitative estimate of drug-likeness (QED) is 0.503. The third-order valence-electron chi connectivity index (χ3n) is 1.26. The number of aliphatic carboxylic acids is 1. The molecule has 0 amide bonds. The lowest BCUT2D eigenvalue weighted by atomic mass is 10.1. The Morgan fingerprint density at radius 1 is 1.70 bits per heavy atom. The molecule has 0 fully saturated rings. The molecule has 0 saturated heterocycles. The van der Waals surface area contributed by atoms with Crippen LogP contribution < -0.4 is 5.73 Å². The zero-order valence-electron chi connectivity index (χ0n) is 5.95. The Balaban J connectivity index is 3.39. The number of rotatable bonds is 4. The smallest absolute Gasteiger partial charge is 0.303 e. The summed E-state index contributed by atoms with van der Waals surface area (Å²) in [6, 6.07) is -0.348. The molecule has 0 heterocycles. The maximum Gasteiger partial charge on any atom is 0.303 e. The molecular formula is C6H13NO3. The van der Waals surface area contributed by atoms with E-state index < -0.39 is 12.1 Å². The van der Waals surface area contributed by atoms with Gasteiger partial charge in [0.1, 0.15) is 0 Å². The Morgan fingerprint density at radius 2 is 2.20 bits per heavy atom. The van der Waals surface area contributed by atoms with E-state index in [-0.39, 0.29) is 18.9 Å². The van der Waals surface area contributed by atoms with Crippen molar-refractivity contribution in [2.75, 3.05) is 0 Å². The minimum absolute atomic E-state index is 0.0251. The lowest BCUT2D eigenvalue weighted by Crippen LogP contribution is -2.31. The Hall–Kier alpha value is -0.610. The van der Waals surface area contributed by atoms with E-state index >= 15 is 0 Å². The molecule has 0 aliphatic heterocycles. The summed E-state index contributed by atoms with van der Waals surface area (Å²) in [5.41, 5.74) is 5.28. The van der Waals surface area contributed by atoms with Crippen LogP contribution in [0.4, 0.5) is 0 Å². The number of aliphatic hydroxyl groups is 1. The monoisotopic (exact) mass is 147 g/mol. The number of hydrogen-bond donors (Lipinski definition) is 3. The highest BCUT2D eigenvalue weighted by Gasteiger charge is 2.10. The number of nitrogens with two attached hydrogens (primary N) is 1. The van der Waals surface area contributed by atoms with Gasteiger partial charge in [0, 0.05) is 12.5 Å². The van der Waals surface area contributed by atoms with Crippen molar-refractivity contribution in [3.05, 3.63) is 0 Å². The number of carboxylic acid groups (broad SMARTS) is 1. The van der Waals surface area contributed by atoms with Crippen LogP contribution in [0.2, 0.25) is 0 Å². The number of aliphatic hydroxyl groups excluding tert-OH is 1. The average molecular weight is 147 g/mol. The van der Waals surface area contributed by atoms with E-state index in [0.29, 0.717) is 0 Å². The molecule has 60 valence electrons. The van der Waals surface area contributed by atoms with Gasteiger partial charge in [0.2, 0.25) is 0 Å². The standard InChI is InChI=1S/C6H13NO3/c1-4(7)5(8)2-3-6(9)10/h4-5,8H,2-3,7H2,1H3,(H,9,10)/t4-,5+/m1/s1. The van der Waals surface area contributed by atoms with Gasteiger partial charge in [-0.05, 0) is 13.3 Å². The van der Waals surface area contributed by atoms with Gasteiger partial charge in [-0.2, -0.15) is 0 Å². The van der Waals surface area contributed by atoms with E-state index in [2.05, 4.69) is 0 Å². The Morgan fingerprint density at radius 3 is 2.50 bits per heavy atom. The van der Waals surface area contributed by atoms with E-state index in [9.17, 15) is 4.79 Å². The van der Waals surface area contributed by atoms with Crippen molar-refractivity contribution in [1.29, 1.82) is 0 Å². The first-order valence-electron chi connectivity index (χ1n) is 3.19. The molecule has 0 aliphatic carbocycles. The topological polar surface area (TPSA) is 83.5 Å². The SMILES string of the molecule is C[C@@H](N)[C@@H](O)CCC(=O)O. The molecule has 0 aromatic heterocycles. The Bertz CT molecular complexity index is 114. The molecule has 0 bridgehead atoms. The van der Waals surface area contributed by atoms with Crippen molar-refractivity contribution in [1.82, 2.24) is 0 Å². The summed E-state index contributed by atoms with van der Waals surface area (Å²) in [6.07, 6.45) is -0.494. The largest absolute Gasteiger partial charge is 0.481 e. The molecule has 0 aromatic carbocycles. The summed E-state index contributed by atoms with van der Waals surface area (Å²) in [6.45, 7) is 1.65. The van der Waals surface area contributed by atoms with Crippen LogP contribution in [0.1, 0.15) is 19.8 Å². The van der Waals surface area contributed by atoms with Gasteiger partial charge in [0.15, 0.2) is 0 Å². The van der Waals surface area contributed by atoms with Crippen LogP contribution in [0.5, 0.6) is 0 Å². The van der Waals surface area contributed by atoms with Crippen molar-refractivity contribution >= 4 is 5.97 Å². The summed E-state index contributed by atoms with van der Waals surface area (Å²) >= 11 is 0. The molecule has 4 N–H and O–H groups in total. The normalized spacial score (nSPS) is 16.3. The first kappa shape index (κ1) is 9.39. The highest BCUT2D eigenvalue weighted by Crippen LogP contribution is 1.99. The fraction of sp³-hybridized carbons (Fsp3) is 0.833. The second kappa shape index (κ2) is 4.24. The molecule has 2 atom stereocenters. The van der Waals surface area contributed by atoms with E-state index in [1.54, 1.807) is 6.92 Å². The van der Waals surface area contributed by atoms with Gasteiger partial charge >= 0.3 is 5.97 Å². The second-order valence-electron chi connectivity index (χ2n) is 2.36. The summed E-state index contributed by atoms with van der Waals surface area (Å²) in [4.78, 5) is 9.97. The molecule has 4 nitrogen and oxygen atoms in total. The third kappa shape index (κ3) is 4.29. The van der Waals surface area contributed by atoms with Gasteiger partial charge in [-0.3, -0.25) is 4.79 Å². The summed E-state index contributed by atoms with van der Waals surface area (Å²) in [5.74, 6) is -0.903. The van der Waals surface area contributed by atoms with Crippen molar-refractivity contribution in [3.63, 3.8) is 0 Å². The minimum atomic E-state index is -0.903. The van der Waals surface area contributed by atoms with Crippen molar-refractivity contribution in [3.8, 4) is 0 Å². The van der Waals surface area contributed by atoms with Crippen LogP contribution >= 0.6 is 0 Å². The van der Waals surface area contributed by atoms with E-state index in [1.165, 1.54) is 0 Å². The summed E-state index contributed by atoms with van der Waals surface area (Å²) < 4.78 is 0. The molecule has 0 rings (SSSR count). The first-order chi connectivity index (χ1) is 4.54. The Kier molecular flexibility index (Phi) is 3.99. The highest BCUT2D eigenvalue weighted by atomic mass is 16.4. The first-order valence-corrected chi connectivity index (χ1v) is 3.19. The highest BCUT2D eigenvalue weighted by molar-refractivity contribution is 5.66. The molecule has 0 aromatic rings. The maximum absolute atomic E-state index is 9.97. The van der Waals surface area contributed by atoms with Gasteiger partial charge in [0.05, 0.1) is 6.10 Å². The van der Waals surface area contributed by atoms with Crippen molar-refractivity contribution in [2.45, 2.75) is 31.9 Å². The predicted octanol–water partition coefficient (Wildman–Crippen LogP) is -0.441. The van der Waals surface area contributed by atoms with Gasteiger partial charge in [-0.15, -0.1) is 0 Å². The lowest BCUT2D eigenvalue weighted by molar-refractivity contribution is -0.137. The molecular weight excluding hydrogens is 134 g/mol. The van der Waals surface area contributed by atoms with Crippen LogP contribution in [0.25, 0.3) is 0 Å². The van der Waals surface area contributed by atoms with E-state index in [1.807, 2.05) is 0 Å². The molecule has 10 heavy (non-hydrogen) atoms. The summed E-state index contributed by atoms with van der Waals surface area (Å²) in [5, 5.41) is 17.2. The predicted molar refractivity (Wildman–Crippen MR) is 36.5 cm³/mol. The van der Waals surface area contributed by atoms with Crippen LogP contribution in [-0.4, -0.2) is 28.3 Å². The fourth-order valence-corrected chi connectivity index (χ4v) is 0.534. The molecule has 0 spiro atoms. The van der Waals surface area contributed by atoms with E-state index in [4.69, 9.17) is 15.9 Å². The van der Waals surface area contributed by atoms with E-state index in [0.717, 1.165) is 0 Å². The maximum atomic E-state index is 9.97. The van der Waals surface area contributed by atoms with Gasteiger partial charge in [-0.1, -0.05) is 0 Å². The lowest BCUT2D eigenvalue weighted by Gasteiger charge is -2.11. The molecule has 0 saturated carbocycles. The number of carbonyl (C=O) groups is 1. The van der Waals surface area contributed by atoms with Crippen molar-refractivity contribution < 1.29 is 15.0 Å². The average Bonchev–Trinajstić information content (AvgIpc) is 1.82. The van der Waals surface area contributed by atoms with Crippen molar-refractivity contribution in [2.24, 2.45) is 5.73 Å².